The van der Waals surface area contributed by atoms with E-state index in [1.807, 2.05) is 30.3 Å². The topological polar surface area (TPSA) is 90.5 Å². The molecule has 6 nitrogen and oxygen atoms in total. The molecular formula is C21H22N2O4. The maximum atomic E-state index is 13.1. The zero-order valence-corrected chi connectivity index (χ0v) is 14.9. The van der Waals surface area contributed by atoms with Gasteiger partial charge in [-0.1, -0.05) is 30.3 Å². The smallest absolute Gasteiger partial charge is 0.308 e. The number of aliphatic carboxylic acids is 1. The summed E-state index contributed by atoms with van der Waals surface area (Å²) in [7, 11) is 0. The van der Waals surface area contributed by atoms with Crippen LogP contribution in [-0.2, 0) is 4.79 Å². The van der Waals surface area contributed by atoms with Crippen LogP contribution >= 0.6 is 0 Å². The molecule has 0 bridgehead atoms. The SMILES string of the molecule is O=C(O)C1CC(c2ccccc2)CN(C(=O)c2cc(C3CC3)[nH]c(=O)c2)C1. The number of carboxylic acids is 1. The average molecular weight is 366 g/mol. The molecule has 6 heteroatoms. The second-order valence-electron chi connectivity index (χ2n) is 7.55. The number of H-pyrrole nitrogens is 1. The van der Waals surface area contributed by atoms with Crippen LogP contribution in [0.5, 0.6) is 0 Å². The summed E-state index contributed by atoms with van der Waals surface area (Å²) in [4.78, 5) is 41.1. The minimum Gasteiger partial charge on any atom is -0.481 e. The van der Waals surface area contributed by atoms with Gasteiger partial charge in [-0.2, -0.15) is 0 Å². The zero-order chi connectivity index (χ0) is 19.0. The normalized spacial score (nSPS) is 22.4. The number of nitrogens with zero attached hydrogens (tertiary/aromatic N) is 1. The van der Waals surface area contributed by atoms with Crippen molar-refractivity contribution in [2.24, 2.45) is 5.92 Å². The second-order valence-corrected chi connectivity index (χ2v) is 7.55. The molecular weight excluding hydrogens is 344 g/mol. The molecule has 0 radical (unpaired) electrons. The number of aromatic nitrogens is 1. The fraction of sp³-hybridized carbons (Fsp3) is 0.381. The predicted octanol–water partition coefficient (Wildman–Crippen LogP) is 2.58. The van der Waals surface area contributed by atoms with Crippen LogP contribution < -0.4 is 5.56 Å². The lowest BCUT2D eigenvalue weighted by Gasteiger charge is -2.36. The fourth-order valence-electron chi connectivity index (χ4n) is 3.90. The minimum atomic E-state index is -0.891. The number of likely N-dealkylation sites (tertiary alicyclic amines) is 1. The number of amides is 1. The fourth-order valence-corrected chi connectivity index (χ4v) is 3.90. The highest BCUT2D eigenvalue weighted by Gasteiger charge is 2.35. The van der Waals surface area contributed by atoms with Crippen molar-refractivity contribution in [2.75, 3.05) is 13.1 Å². The standard InChI is InChI=1S/C21H22N2O4/c24-19-10-15(9-18(22-19)14-6-7-14)20(25)23-11-16(8-17(12-23)21(26)27)13-4-2-1-3-5-13/h1-5,9-10,14,16-17H,6-8,11-12H2,(H,22,24)(H,26,27). The van der Waals surface area contributed by atoms with Gasteiger partial charge in [-0.25, -0.2) is 0 Å². The van der Waals surface area contributed by atoms with E-state index < -0.39 is 11.9 Å². The molecule has 2 aromatic rings. The summed E-state index contributed by atoms with van der Waals surface area (Å²) in [6, 6.07) is 12.8. The number of piperidine rings is 1. The van der Waals surface area contributed by atoms with Crippen molar-refractivity contribution in [1.29, 1.82) is 0 Å². The molecule has 1 aromatic carbocycles. The highest BCUT2D eigenvalue weighted by Crippen LogP contribution is 2.39. The lowest BCUT2D eigenvalue weighted by Crippen LogP contribution is -2.45. The van der Waals surface area contributed by atoms with Gasteiger partial charge in [0.1, 0.15) is 0 Å². The Morgan fingerprint density at radius 2 is 1.78 bits per heavy atom. The van der Waals surface area contributed by atoms with Crippen LogP contribution in [0.4, 0.5) is 0 Å². The van der Waals surface area contributed by atoms with Gasteiger partial charge >= 0.3 is 5.97 Å². The third-order valence-corrected chi connectivity index (χ3v) is 5.49. The first-order valence-corrected chi connectivity index (χ1v) is 9.32. The molecule has 2 N–H and O–H groups in total. The number of carbonyl (C=O) groups is 2. The molecule has 1 saturated heterocycles. The van der Waals surface area contributed by atoms with E-state index in [0.29, 0.717) is 24.4 Å². The third kappa shape index (κ3) is 3.79. The van der Waals surface area contributed by atoms with Crippen LogP contribution in [0.25, 0.3) is 0 Å². The van der Waals surface area contributed by atoms with Gasteiger partial charge in [-0.05, 0) is 36.8 Å². The van der Waals surface area contributed by atoms with Crippen molar-refractivity contribution in [3.8, 4) is 0 Å². The maximum Gasteiger partial charge on any atom is 0.308 e. The average Bonchev–Trinajstić information content (AvgIpc) is 3.52. The molecule has 2 fully saturated rings. The predicted molar refractivity (Wildman–Crippen MR) is 99.9 cm³/mol. The summed E-state index contributed by atoms with van der Waals surface area (Å²) in [5, 5.41) is 9.55. The maximum absolute atomic E-state index is 13.1. The number of pyridine rings is 1. The van der Waals surface area contributed by atoms with Crippen LogP contribution in [-0.4, -0.2) is 40.0 Å². The first-order chi connectivity index (χ1) is 13.0. The molecule has 4 rings (SSSR count). The van der Waals surface area contributed by atoms with E-state index in [-0.39, 0.29) is 23.9 Å². The molecule has 1 amide bonds. The summed E-state index contributed by atoms with van der Waals surface area (Å²) in [6.45, 7) is 0.626. The third-order valence-electron chi connectivity index (χ3n) is 5.49. The summed E-state index contributed by atoms with van der Waals surface area (Å²) in [5.74, 6) is -1.48. The van der Waals surface area contributed by atoms with Crippen LogP contribution in [0.1, 0.15) is 52.7 Å². The molecule has 2 heterocycles. The Morgan fingerprint density at radius 3 is 2.44 bits per heavy atom. The summed E-state index contributed by atoms with van der Waals surface area (Å²) >= 11 is 0. The number of nitrogens with one attached hydrogen (secondary N) is 1. The van der Waals surface area contributed by atoms with Gasteiger partial charge in [0.05, 0.1) is 5.92 Å². The largest absolute Gasteiger partial charge is 0.481 e. The van der Waals surface area contributed by atoms with Crippen molar-refractivity contribution in [3.05, 3.63) is 69.6 Å². The Hall–Kier alpha value is -2.89. The van der Waals surface area contributed by atoms with E-state index in [4.69, 9.17) is 0 Å². The van der Waals surface area contributed by atoms with E-state index in [2.05, 4.69) is 4.98 Å². The van der Waals surface area contributed by atoms with Crippen molar-refractivity contribution in [2.45, 2.75) is 31.1 Å². The number of aromatic amines is 1. The summed E-state index contributed by atoms with van der Waals surface area (Å²) < 4.78 is 0. The Kier molecular flexibility index (Phi) is 4.56. The summed E-state index contributed by atoms with van der Waals surface area (Å²) in [5.41, 5.74) is 1.90. The highest BCUT2D eigenvalue weighted by atomic mass is 16.4. The number of carboxylic acid groups (broad SMARTS) is 1. The van der Waals surface area contributed by atoms with Crippen LogP contribution in [0.3, 0.4) is 0 Å². The van der Waals surface area contributed by atoms with E-state index in [0.717, 1.165) is 24.1 Å². The number of benzene rings is 1. The van der Waals surface area contributed by atoms with Gasteiger partial charge in [0.15, 0.2) is 0 Å². The molecule has 2 unspecified atom stereocenters. The molecule has 27 heavy (non-hydrogen) atoms. The Morgan fingerprint density at radius 1 is 1.04 bits per heavy atom. The van der Waals surface area contributed by atoms with Gasteiger partial charge in [0.2, 0.25) is 5.56 Å². The highest BCUT2D eigenvalue weighted by molar-refractivity contribution is 5.94. The van der Waals surface area contributed by atoms with Gasteiger partial charge < -0.3 is 15.0 Å². The van der Waals surface area contributed by atoms with E-state index in [1.54, 1.807) is 11.0 Å². The van der Waals surface area contributed by atoms with Crippen molar-refractivity contribution >= 4 is 11.9 Å². The monoisotopic (exact) mass is 366 g/mol. The number of carbonyl (C=O) groups excluding carboxylic acids is 1. The molecule has 0 spiro atoms. The van der Waals surface area contributed by atoms with Crippen molar-refractivity contribution in [3.63, 3.8) is 0 Å². The Bertz CT molecular complexity index is 917. The second kappa shape index (κ2) is 7.02. The number of hydrogen-bond donors (Lipinski definition) is 2. The Labute approximate surface area is 156 Å². The molecule has 1 aliphatic carbocycles. The molecule has 1 aliphatic heterocycles. The lowest BCUT2D eigenvalue weighted by molar-refractivity contribution is -0.143. The van der Waals surface area contributed by atoms with Gasteiger partial charge in [-0.15, -0.1) is 0 Å². The molecule has 1 aromatic heterocycles. The van der Waals surface area contributed by atoms with E-state index in [9.17, 15) is 19.5 Å². The first kappa shape index (κ1) is 17.5. The van der Waals surface area contributed by atoms with Crippen LogP contribution in [0.15, 0.2) is 47.3 Å². The van der Waals surface area contributed by atoms with Gasteiger partial charge in [-0.3, -0.25) is 14.4 Å². The van der Waals surface area contributed by atoms with Gasteiger partial charge in [0, 0.05) is 36.3 Å². The van der Waals surface area contributed by atoms with Crippen molar-refractivity contribution < 1.29 is 14.7 Å². The van der Waals surface area contributed by atoms with Crippen LogP contribution in [0.2, 0.25) is 0 Å². The van der Waals surface area contributed by atoms with Crippen molar-refractivity contribution in [1.82, 2.24) is 9.88 Å². The number of hydrogen-bond acceptors (Lipinski definition) is 3. The van der Waals surface area contributed by atoms with Gasteiger partial charge in [0.25, 0.3) is 5.91 Å². The zero-order valence-electron chi connectivity index (χ0n) is 14.9. The van der Waals surface area contributed by atoms with E-state index >= 15 is 0 Å². The quantitative estimate of drug-likeness (QED) is 0.870. The van der Waals surface area contributed by atoms with Crippen LogP contribution in [0, 0.1) is 5.92 Å². The first-order valence-electron chi connectivity index (χ1n) is 9.32. The molecule has 140 valence electrons. The molecule has 2 atom stereocenters. The molecule has 1 saturated carbocycles. The summed E-state index contributed by atoms with van der Waals surface area (Å²) in [6.07, 6.45) is 2.55. The Balaban J connectivity index is 1.62. The van der Waals surface area contributed by atoms with E-state index in [1.165, 1.54) is 6.07 Å². The number of rotatable bonds is 4. The lowest BCUT2D eigenvalue weighted by atomic mass is 9.84. The molecule has 2 aliphatic rings. The minimum absolute atomic E-state index is 0.0325.